The van der Waals surface area contributed by atoms with Crippen LogP contribution in [0.15, 0.2) is 18.2 Å². The van der Waals surface area contributed by atoms with E-state index in [1.54, 1.807) is 25.1 Å². The van der Waals surface area contributed by atoms with Crippen LogP contribution in [0.2, 0.25) is 10.0 Å². The molecular weight excluding hydrogens is 335 g/mol. The predicted octanol–water partition coefficient (Wildman–Crippen LogP) is 3.50. The van der Waals surface area contributed by atoms with E-state index >= 15 is 0 Å². The molecule has 0 radical (unpaired) electrons. The van der Waals surface area contributed by atoms with Crippen LogP contribution in [0.25, 0.3) is 0 Å². The number of hydrogen-bond donors (Lipinski definition) is 1. The molecule has 2 aliphatic rings. The van der Waals surface area contributed by atoms with Gasteiger partial charge in [-0.15, -0.1) is 0 Å². The third-order valence-electron chi connectivity index (χ3n) is 4.77. The number of carbonyl (C=O) groups is 1. The number of fused-ring (bicyclic) bond motifs is 1. The number of rotatable bonds is 4. The van der Waals surface area contributed by atoms with Gasteiger partial charge in [0.15, 0.2) is 6.10 Å². The summed E-state index contributed by atoms with van der Waals surface area (Å²) in [4.78, 5) is 14.9. The van der Waals surface area contributed by atoms with Crippen molar-refractivity contribution in [3.8, 4) is 5.75 Å². The lowest BCUT2D eigenvalue weighted by atomic mass is 9.99. The normalized spacial score (nSPS) is 25.7. The van der Waals surface area contributed by atoms with Gasteiger partial charge in [0.25, 0.3) is 5.91 Å². The van der Waals surface area contributed by atoms with Gasteiger partial charge in [0.2, 0.25) is 0 Å². The van der Waals surface area contributed by atoms with Crippen molar-refractivity contribution in [2.75, 3.05) is 13.1 Å². The SMILES string of the molecule is C[C@H](Oc1cccc(Cl)c1Cl)C(=O)N[C@H]1CCN2CCCC[C@H]12. The Labute approximate surface area is 147 Å². The molecule has 4 nitrogen and oxygen atoms in total. The molecule has 0 aliphatic carbocycles. The molecule has 2 heterocycles. The molecule has 6 heteroatoms. The van der Waals surface area contributed by atoms with Gasteiger partial charge >= 0.3 is 0 Å². The first-order valence-electron chi connectivity index (χ1n) is 8.21. The summed E-state index contributed by atoms with van der Waals surface area (Å²) in [6.07, 6.45) is 4.09. The molecule has 1 N–H and O–H groups in total. The molecule has 23 heavy (non-hydrogen) atoms. The highest BCUT2D eigenvalue weighted by Gasteiger charge is 2.36. The van der Waals surface area contributed by atoms with Crippen LogP contribution in [0.5, 0.6) is 5.75 Å². The van der Waals surface area contributed by atoms with Gasteiger partial charge in [0, 0.05) is 18.6 Å². The van der Waals surface area contributed by atoms with Gasteiger partial charge in [0.1, 0.15) is 10.8 Å². The lowest BCUT2D eigenvalue weighted by molar-refractivity contribution is -0.128. The van der Waals surface area contributed by atoms with Crippen molar-refractivity contribution in [3.63, 3.8) is 0 Å². The second kappa shape index (κ2) is 7.29. The Balaban J connectivity index is 1.58. The van der Waals surface area contributed by atoms with Crippen LogP contribution in [0.4, 0.5) is 0 Å². The molecule has 1 aromatic carbocycles. The van der Waals surface area contributed by atoms with Gasteiger partial charge in [-0.3, -0.25) is 9.69 Å². The Morgan fingerprint density at radius 3 is 2.96 bits per heavy atom. The van der Waals surface area contributed by atoms with E-state index in [9.17, 15) is 4.79 Å². The average molecular weight is 357 g/mol. The van der Waals surface area contributed by atoms with Crippen molar-refractivity contribution in [1.29, 1.82) is 0 Å². The fraction of sp³-hybridized carbons (Fsp3) is 0.588. The molecule has 0 saturated carbocycles. The monoisotopic (exact) mass is 356 g/mol. The molecule has 3 rings (SSSR count). The summed E-state index contributed by atoms with van der Waals surface area (Å²) in [7, 11) is 0. The van der Waals surface area contributed by atoms with Crippen LogP contribution in [0, 0.1) is 0 Å². The Hall–Kier alpha value is -0.970. The van der Waals surface area contributed by atoms with Gasteiger partial charge in [-0.1, -0.05) is 35.7 Å². The summed E-state index contributed by atoms with van der Waals surface area (Å²) in [6.45, 7) is 3.96. The van der Waals surface area contributed by atoms with Gasteiger partial charge in [0.05, 0.1) is 5.02 Å². The van der Waals surface area contributed by atoms with Gasteiger partial charge in [-0.2, -0.15) is 0 Å². The molecular formula is C17H22Cl2N2O2. The van der Waals surface area contributed by atoms with Gasteiger partial charge < -0.3 is 10.1 Å². The molecule has 0 bridgehead atoms. The Morgan fingerprint density at radius 2 is 2.13 bits per heavy atom. The van der Waals surface area contributed by atoms with Crippen LogP contribution in [-0.2, 0) is 4.79 Å². The Bertz CT molecular complexity index is 582. The zero-order chi connectivity index (χ0) is 16.4. The van der Waals surface area contributed by atoms with E-state index in [0.29, 0.717) is 21.8 Å². The van der Waals surface area contributed by atoms with E-state index in [1.165, 1.54) is 19.3 Å². The zero-order valence-corrected chi connectivity index (χ0v) is 14.7. The predicted molar refractivity (Wildman–Crippen MR) is 92.3 cm³/mol. The quantitative estimate of drug-likeness (QED) is 0.897. The third-order valence-corrected chi connectivity index (χ3v) is 5.57. The molecule has 1 aromatic rings. The summed E-state index contributed by atoms with van der Waals surface area (Å²) in [5.41, 5.74) is 0. The number of ether oxygens (including phenoxy) is 1. The van der Waals surface area contributed by atoms with Gasteiger partial charge in [-0.25, -0.2) is 0 Å². The van der Waals surface area contributed by atoms with E-state index in [2.05, 4.69) is 10.2 Å². The van der Waals surface area contributed by atoms with E-state index in [0.717, 1.165) is 19.5 Å². The lowest BCUT2D eigenvalue weighted by Crippen LogP contribution is -2.49. The minimum atomic E-state index is -0.608. The van der Waals surface area contributed by atoms with E-state index in [1.807, 2.05) is 0 Å². The second-order valence-corrected chi connectivity index (χ2v) is 7.10. The molecule has 1 amide bonds. The maximum Gasteiger partial charge on any atom is 0.261 e. The first-order valence-corrected chi connectivity index (χ1v) is 8.97. The number of piperidine rings is 1. The molecule has 3 atom stereocenters. The third kappa shape index (κ3) is 3.76. The van der Waals surface area contributed by atoms with Crippen LogP contribution in [-0.4, -0.2) is 42.1 Å². The lowest BCUT2D eigenvalue weighted by Gasteiger charge is -2.32. The fourth-order valence-electron chi connectivity index (χ4n) is 3.53. The summed E-state index contributed by atoms with van der Waals surface area (Å²) in [5, 5.41) is 3.91. The first-order chi connectivity index (χ1) is 11.1. The number of nitrogens with zero attached hydrogens (tertiary/aromatic N) is 1. The molecule has 2 fully saturated rings. The molecule has 0 spiro atoms. The topological polar surface area (TPSA) is 41.6 Å². The second-order valence-electron chi connectivity index (χ2n) is 6.31. The first kappa shape index (κ1) is 16.9. The van der Waals surface area contributed by atoms with Crippen molar-refractivity contribution < 1.29 is 9.53 Å². The highest BCUT2D eigenvalue weighted by Crippen LogP contribution is 2.32. The van der Waals surface area contributed by atoms with Crippen molar-refractivity contribution in [2.45, 2.75) is 50.8 Å². The molecule has 2 aliphatic heterocycles. The Morgan fingerprint density at radius 1 is 1.30 bits per heavy atom. The number of halogens is 2. The van der Waals surface area contributed by atoms with E-state index in [4.69, 9.17) is 27.9 Å². The number of nitrogens with one attached hydrogen (secondary N) is 1. The van der Waals surface area contributed by atoms with E-state index < -0.39 is 6.10 Å². The van der Waals surface area contributed by atoms with Crippen molar-refractivity contribution in [3.05, 3.63) is 28.2 Å². The number of benzene rings is 1. The number of carbonyl (C=O) groups excluding carboxylic acids is 1. The zero-order valence-electron chi connectivity index (χ0n) is 13.2. The van der Waals surface area contributed by atoms with Crippen LogP contribution in [0.1, 0.15) is 32.6 Å². The highest BCUT2D eigenvalue weighted by molar-refractivity contribution is 6.42. The molecule has 126 valence electrons. The summed E-state index contributed by atoms with van der Waals surface area (Å²) < 4.78 is 5.69. The van der Waals surface area contributed by atoms with Crippen molar-refractivity contribution >= 4 is 29.1 Å². The van der Waals surface area contributed by atoms with Crippen LogP contribution >= 0.6 is 23.2 Å². The average Bonchev–Trinajstić information content (AvgIpc) is 2.95. The van der Waals surface area contributed by atoms with Crippen LogP contribution < -0.4 is 10.1 Å². The number of amides is 1. The molecule has 2 saturated heterocycles. The molecule has 0 unspecified atom stereocenters. The van der Waals surface area contributed by atoms with Gasteiger partial charge in [-0.05, 0) is 44.9 Å². The summed E-state index contributed by atoms with van der Waals surface area (Å²) in [5.74, 6) is 0.339. The standard InChI is InChI=1S/C17H22Cl2N2O2/c1-11(23-15-7-4-5-12(18)16(15)19)17(22)20-13-8-10-21-9-3-2-6-14(13)21/h4-5,7,11,13-14H,2-3,6,8-10H2,1H3,(H,20,22)/t11-,13-,14+/m0/s1. The molecule has 0 aromatic heterocycles. The summed E-state index contributed by atoms with van der Waals surface area (Å²) >= 11 is 12.1. The summed E-state index contributed by atoms with van der Waals surface area (Å²) in [6, 6.07) is 5.87. The largest absolute Gasteiger partial charge is 0.479 e. The van der Waals surface area contributed by atoms with Crippen molar-refractivity contribution in [2.24, 2.45) is 0 Å². The Kier molecular flexibility index (Phi) is 5.34. The smallest absolute Gasteiger partial charge is 0.261 e. The maximum atomic E-state index is 12.4. The minimum absolute atomic E-state index is 0.0986. The van der Waals surface area contributed by atoms with Crippen LogP contribution in [0.3, 0.4) is 0 Å². The fourth-order valence-corrected chi connectivity index (χ4v) is 3.87. The maximum absolute atomic E-state index is 12.4. The van der Waals surface area contributed by atoms with Crippen molar-refractivity contribution in [1.82, 2.24) is 10.2 Å². The highest BCUT2D eigenvalue weighted by atomic mass is 35.5. The number of hydrogen-bond acceptors (Lipinski definition) is 3. The van der Waals surface area contributed by atoms with E-state index in [-0.39, 0.29) is 11.9 Å². The minimum Gasteiger partial charge on any atom is -0.479 e.